The van der Waals surface area contributed by atoms with Crippen molar-refractivity contribution in [2.45, 2.75) is 39.2 Å². The number of amides is 1. The van der Waals surface area contributed by atoms with Crippen LogP contribution in [0.1, 0.15) is 48.2 Å². The van der Waals surface area contributed by atoms with Gasteiger partial charge in [0.2, 0.25) is 0 Å². The fourth-order valence-electron chi connectivity index (χ4n) is 2.03. The molecule has 1 unspecified atom stereocenters. The van der Waals surface area contributed by atoms with Crippen molar-refractivity contribution in [1.29, 1.82) is 0 Å². The van der Waals surface area contributed by atoms with Crippen LogP contribution in [0.5, 0.6) is 0 Å². The summed E-state index contributed by atoms with van der Waals surface area (Å²) in [5, 5.41) is 2.96. The number of carbonyl (C=O) groups is 1. The first kappa shape index (κ1) is 10.2. The Kier molecular flexibility index (Phi) is 2.51. The van der Waals surface area contributed by atoms with Crippen LogP contribution >= 0.6 is 0 Å². The maximum Gasteiger partial charge on any atom is 0.251 e. The Labute approximate surface area is 90.7 Å². The molecule has 1 atom stereocenters. The molecule has 1 N–H and O–H groups in total. The summed E-state index contributed by atoms with van der Waals surface area (Å²) in [6, 6.07) is 6.52. The topological polar surface area (TPSA) is 29.1 Å². The second kappa shape index (κ2) is 3.69. The van der Waals surface area contributed by atoms with E-state index in [-0.39, 0.29) is 11.9 Å². The van der Waals surface area contributed by atoms with E-state index in [0.717, 1.165) is 12.0 Å². The van der Waals surface area contributed by atoms with Crippen molar-refractivity contribution < 1.29 is 4.79 Å². The monoisotopic (exact) mass is 203 g/mol. The molecule has 1 aliphatic rings. The van der Waals surface area contributed by atoms with E-state index in [1.54, 1.807) is 0 Å². The Hall–Kier alpha value is -1.31. The maximum absolute atomic E-state index is 11.8. The molecular formula is C13H17NO. The van der Waals surface area contributed by atoms with Gasteiger partial charge in [0, 0.05) is 11.6 Å². The minimum absolute atomic E-state index is 0.0752. The summed E-state index contributed by atoms with van der Waals surface area (Å²) in [6.45, 7) is 6.33. The molecule has 1 heterocycles. The van der Waals surface area contributed by atoms with Gasteiger partial charge in [-0.2, -0.15) is 0 Å². The molecule has 0 fully saturated rings. The van der Waals surface area contributed by atoms with Crippen molar-refractivity contribution in [3.63, 3.8) is 0 Å². The minimum Gasteiger partial charge on any atom is -0.349 e. The van der Waals surface area contributed by atoms with Crippen molar-refractivity contribution in [1.82, 2.24) is 5.32 Å². The number of hydrogen-bond acceptors (Lipinski definition) is 1. The van der Waals surface area contributed by atoms with Crippen LogP contribution in [-0.2, 0) is 6.42 Å². The van der Waals surface area contributed by atoms with Gasteiger partial charge in [0.25, 0.3) is 5.91 Å². The third-order valence-corrected chi connectivity index (χ3v) is 2.95. The summed E-state index contributed by atoms with van der Waals surface area (Å²) in [6.07, 6.45) is 0.944. The molecule has 80 valence electrons. The Bertz CT molecular complexity index is 396. The van der Waals surface area contributed by atoms with Crippen molar-refractivity contribution in [3.05, 3.63) is 34.9 Å². The van der Waals surface area contributed by atoms with E-state index in [1.807, 2.05) is 13.0 Å². The zero-order valence-electron chi connectivity index (χ0n) is 9.50. The largest absolute Gasteiger partial charge is 0.349 e. The molecule has 15 heavy (non-hydrogen) atoms. The van der Waals surface area contributed by atoms with E-state index in [1.165, 1.54) is 11.1 Å². The predicted molar refractivity (Wildman–Crippen MR) is 61.2 cm³/mol. The molecule has 0 radical (unpaired) electrons. The van der Waals surface area contributed by atoms with Crippen molar-refractivity contribution in [2.24, 2.45) is 0 Å². The lowest BCUT2D eigenvalue weighted by Crippen LogP contribution is -2.39. The quantitative estimate of drug-likeness (QED) is 0.746. The van der Waals surface area contributed by atoms with E-state index >= 15 is 0 Å². The van der Waals surface area contributed by atoms with Crippen LogP contribution in [0.3, 0.4) is 0 Å². The van der Waals surface area contributed by atoms with Crippen LogP contribution in [0.25, 0.3) is 0 Å². The minimum atomic E-state index is 0.0752. The predicted octanol–water partition coefficient (Wildman–Crippen LogP) is 2.48. The molecule has 1 aromatic rings. The third kappa shape index (κ3) is 1.89. The summed E-state index contributed by atoms with van der Waals surface area (Å²) in [5.41, 5.74) is 3.27. The molecule has 1 aromatic carbocycles. The fourth-order valence-corrected chi connectivity index (χ4v) is 2.03. The highest BCUT2D eigenvalue weighted by molar-refractivity contribution is 5.97. The highest BCUT2D eigenvalue weighted by atomic mass is 16.1. The Balaban J connectivity index is 2.44. The van der Waals surface area contributed by atoms with Gasteiger partial charge >= 0.3 is 0 Å². The van der Waals surface area contributed by atoms with Gasteiger partial charge in [-0.15, -0.1) is 0 Å². The molecule has 0 spiro atoms. The Morgan fingerprint density at radius 3 is 2.80 bits per heavy atom. The average Bonchev–Trinajstić information content (AvgIpc) is 2.16. The van der Waals surface area contributed by atoms with Crippen LogP contribution in [0.15, 0.2) is 18.2 Å². The molecule has 2 nitrogen and oxygen atoms in total. The zero-order chi connectivity index (χ0) is 11.0. The lowest BCUT2D eigenvalue weighted by molar-refractivity contribution is 0.0929. The Morgan fingerprint density at radius 2 is 2.13 bits per heavy atom. The van der Waals surface area contributed by atoms with E-state index in [0.29, 0.717) is 5.92 Å². The van der Waals surface area contributed by atoms with Crippen LogP contribution in [0.2, 0.25) is 0 Å². The van der Waals surface area contributed by atoms with Crippen LogP contribution in [-0.4, -0.2) is 11.9 Å². The van der Waals surface area contributed by atoms with Crippen LogP contribution in [0, 0.1) is 0 Å². The molecule has 2 rings (SSSR count). The first-order valence-electron chi connectivity index (χ1n) is 5.51. The summed E-state index contributed by atoms with van der Waals surface area (Å²) in [4.78, 5) is 11.8. The van der Waals surface area contributed by atoms with Gasteiger partial charge in [-0.3, -0.25) is 4.79 Å². The zero-order valence-corrected chi connectivity index (χ0v) is 9.50. The number of benzene rings is 1. The molecule has 0 aromatic heterocycles. The molecule has 2 heteroatoms. The number of rotatable bonds is 1. The Morgan fingerprint density at radius 1 is 1.40 bits per heavy atom. The summed E-state index contributed by atoms with van der Waals surface area (Å²) in [7, 11) is 0. The lowest BCUT2D eigenvalue weighted by Gasteiger charge is -2.23. The highest BCUT2D eigenvalue weighted by Crippen LogP contribution is 2.22. The second-order valence-electron chi connectivity index (χ2n) is 4.65. The molecule has 1 aliphatic heterocycles. The standard InChI is InChI=1S/C13H17NO/c1-8(2)10-4-5-11-6-9(3)14-13(15)12(11)7-10/h4-5,7-9H,6H2,1-3H3,(H,14,15). The van der Waals surface area contributed by atoms with E-state index < -0.39 is 0 Å². The van der Waals surface area contributed by atoms with Gasteiger partial charge in [-0.1, -0.05) is 26.0 Å². The van der Waals surface area contributed by atoms with Crippen molar-refractivity contribution in [3.8, 4) is 0 Å². The molecule has 0 saturated carbocycles. The molecule has 0 bridgehead atoms. The van der Waals surface area contributed by atoms with E-state index in [2.05, 4.69) is 31.3 Å². The summed E-state index contributed by atoms with van der Waals surface area (Å²) in [5.74, 6) is 0.550. The van der Waals surface area contributed by atoms with E-state index in [9.17, 15) is 4.79 Å². The normalized spacial score (nSPS) is 20.0. The molecule has 0 saturated heterocycles. The van der Waals surface area contributed by atoms with Gasteiger partial charge < -0.3 is 5.32 Å². The smallest absolute Gasteiger partial charge is 0.251 e. The van der Waals surface area contributed by atoms with Crippen molar-refractivity contribution >= 4 is 5.91 Å². The summed E-state index contributed by atoms with van der Waals surface area (Å²) < 4.78 is 0. The van der Waals surface area contributed by atoms with Crippen LogP contribution < -0.4 is 5.32 Å². The number of fused-ring (bicyclic) bond motifs is 1. The molecule has 1 amide bonds. The van der Waals surface area contributed by atoms with Gasteiger partial charge in [0.05, 0.1) is 0 Å². The molecule has 0 aliphatic carbocycles. The lowest BCUT2D eigenvalue weighted by atomic mass is 9.91. The number of hydrogen-bond donors (Lipinski definition) is 1. The van der Waals surface area contributed by atoms with Gasteiger partial charge in [0.15, 0.2) is 0 Å². The maximum atomic E-state index is 11.8. The fraction of sp³-hybridized carbons (Fsp3) is 0.462. The highest BCUT2D eigenvalue weighted by Gasteiger charge is 2.21. The second-order valence-corrected chi connectivity index (χ2v) is 4.65. The summed E-state index contributed by atoms with van der Waals surface area (Å²) >= 11 is 0. The molecular weight excluding hydrogens is 186 g/mol. The van der Waals surface area contributed by atoms with Gasteiger partial charge in [-0.25, -0.2) is 0 Å². The van der Waals surface area contributed by atoms with E-state index in [4.69, 9.17) is 0 Å². The van der Waals surface area contributed by atoms with Gasteiger partial charge in [0.1, 0.15) is 0 Å². The van der Waals surface area contributed by atoms with Crippen molar-refractivity contribution in [2.75, 3.05) is 0 Å². The first-order chi connectivity index (χ1) is 7.08. The third-order valence-electron chi connectivity index (χ3n) is 2.95. The van der Waals surface area contributed by atoms with Crippen LogP contribution in [0.4, 0.5) is 0 Å². The first-order valence-corrected chi connectivity index (χ1v) is 5.51. The SMILES string of the molecule is CC1Cc2ccc(C(C)C)cc2C(=O)N1. The van der Waals surface area contributed by atoms with Gasteiger partial charge in [-0.05, 0) is 36.5 Å². The number of nitrogens with one attached hydrogen (secondary N) is 1. The average molecular weight is 203 g/mol. The number of carbonyl (C=O) groups excluding carboxylic acids is 1.